The monoisotopic (exact) mass is 325 g/mol. The number of ketones is 1. The van der Waals surface area contributed by atoms with E-state index in [9.17, 15) is 4.79 Å². The second kappa shape index (κ2) is 5.70. The highest BCUT2D eigenvalue weighted by molar-refractivity contribution is 5.96. The van der Waals surface area contributed by atoms with Crippen molar-refractivity contribution in [3.05, 3.63) is 53.2 Å². The van der Waals surface area contributed by atoms with Crippen molar-refractivity contribution < 1.29 is 13.4 Å². The Hall–Kier alpha value is -2.76. The summed E-state index contributed by atoms with van der Waals surface area (Å²) >= 11 is 0. The molecular weight excluding hydrogens is 304 g/mol. The molecule has 0 unspecified atom stereocenters. The van der Waals surface area contributed by atoms with Crippen molar-refractivity contribution in [3.8, 4) is 11.4 Å². The Morgan fingerprint density at radius 3 is 3.17 bits per heavy atom. The van der Waals surface area contributed by atoms with Gasteiger partial charge in [-0.05, 0) is 36.0 Å². The summed E-state index contributed by atoms with van der Waals surface area (Å²) < 4.78 is 28.5. The van der Waals surface area contributed by atoms with Crippen LogP contribution in [0.5, 0.6) is 0 Å². The molecule has 0 radical (unpaired) electrons. The largest absolute Gasteiger partial charge is 0.339 e. The standard InChI is InChI=1S/C18H18N4O2/c1-11-20-18(21-24-11)14-5-6-16-12(7-14)3-4-13(16)8-17(23)15-9-19-22(2)10-15/h5-7,9-10,13H,3-4,8H2,1-2H3/t13-/m0/s1/i1D3. The van der Waals surface area contributed by atoms with Crippen molar-refractivity contribution in [1.82, 2.24) is 19.9 Å². The van der Waals surface area contributed by atoms with Crippen molar-refractivity contribution in [3.63, 3.8) is 0 Å². The molecule has 0 saturated heterocycles. The smallest absolute Gasteiger partial charge is 0.223 e. The highest BCUT2D eigenvalue weighted by Crippen LogP contribution is 2.37. The van der Waals surface area contributed by atoms with Gasteiger partial charge in [-0.1, -0.05) is 17.3 Å². The van der Waals surface area contributed by atoms with E-state index in [-0.39, 0.29) is 23.4 Å². The summed E-state index contributed by atoms with van der Waals surface area (Å²) in [6, 6.07) is 5.78. The van der Waals surface area contributed by atoms with Gasteiger partial charge in [0.1, 0.15) is 0 Å². The Morgan fingerprint density at radius 1 is 1.50 bits per heavy atom. The number of carbonyl (C=O) groups excluding carboxylic acids is 1. The average molecular weight is 325 g/mol. The molecule has 1 aliphatic rings. The van der Waals surface area contributed by atoms with Gasteiger partial charge in [0.05, 0.1) is 11.8 Å². The third-order valence-corrected chi connectivity index (χ3v) is 4.49. The summed E-state index contributed by atoms with van der Waals surface area (Å²) in [5, 5.41) is 7.83. The predicted octanol–water partition coefficient (Wildman–Crippen LogP) is 3.08. The first-order valence-electron chi connectivity index (χ1n) is 9.30. The van der Waals surface area contributed by atoms with E-state index in [1.54, 1.807) is 24.1 Å². The number of benzene rings is 1. The van der Waals surface area contributed by atoms with Crippen molar-refractivity contribution >= 4 is 5.78 Å². The van der Waals surface area contributed by atoms with Crippen molar-refractivity contribution in [1.29, 1.82) is 0 Å². The first-order valence-corrected chi connectivity index (χ1v) is 7.80. The summed E-state index contributed by atoms with van der Waals surface area (Å²) in [6.07, 6.45) is 5.54. The molecule has 0 spiro atoms. The molecule has 24 heavy (non-hydrogen) atoms. The van der Waals surface area contributed by atoms with Crippen LogP contribution in [0.4, 0.5) is 0 Å². The number of hydrogen-bond donors (Lipinski definition) is 0. The molecule has 1 atom stereocenters. The third-order valence-electron chi connectivity index (χ3n) is 4.49. The van der Waals surface area contributed by atoms with Gasteiger partial charge in [-0.15, -0.1) is 0 Å². The van der Waals surface area contributed by atoms with Crippen LogP contribution < -0.4 is 0 Å². The Bertz CT molecular complexity index is 1010. The van der Waals surface area contributed by atoms with Crippen LogP contribution in [0.15, 0.2) is 35.1 Å². The topological polar surface area (TPSA) is 73.8 Å². The summed E-state index contributed by atoms with van der Waals surface area (Å²) in [4.78, 5) is 16.5. The molecule has 0 aliphatic heterocycles. The first kappa shape index (κ1) is 11.7. The lowest BCUT2D eigenvalue weighted by Gasteiger charge is -2.10. The molecule has 4 rings (SSSR count). The molecule has 0 N–H and O–H groups in total. The van der Waals surface area contributed by atoms with Gasteiger partial charge in [-0.2, -0.15) is 10.1 Å². The average Bonchev–Trinajstić information content (AvgIpc) is 3.33. The van der Waals surface area contributed by atoms with E-state index >= 15 is 0 Å². The number of rotatable bonds is 4. The molecule has 1 aliphatic carbocycles. The number of aryl methyl sites for hydroxylation is 3. The normalized spacial score (nSPS) is 18.7. The summed E-state index contributed by atoms with van der Waals surface area (Å²) in [5.41, 5.74) is 3.63. The zero-order chi connectivity index (χ0) is 19.2. The van der Waals surface area contributed by atoms with Crippen molar-refractivity contribution in [2.75, 3.05) is 0 Å². The van der Waals surface area contributed by atoms with Gasteiger partial charge in [0.15, 0.2) is 5.78 Å². The van der Waals surface area contributed by atoms with Crippen LogP contribution in [0, 0.1) is 6.85 Å². The third kappa shape index (κ3) is 2.64. The molecule has 0 fully saturated rings. The lowest BCUT2D eigenvalue weighted by molar-refractivity contribution is 0.0973. The molecular formula is C18H18N4O2. The van der Waals surface area contributed by atoms with Crippen LogP contribution in [-0.4, -0.2) is 25.7 Å². The number of aromatic nitrogens is 4. The van der Waals surface area contributed by atoms with Crippen LogP contribution in [0.25, 0.3) is 11.4 Å². The highest BCUT2D eigenvalue weighted by atomic mass is 16.5. The fourth-order valence-corrected chi connectivity index (χ4v) is 3.30. The maximum Gasteiger partial charge on any atom is 0.223 e. The van der Waals surface area contributed by atoms with Gasteiger partial charge in [0, 0.05) is 36.2 Å². The zero-order valence-corrected chi connectivity index (χ0v) is 13.2. The van der Waals surface area contributed by atoms with Crippen LogP contribution in [0.1, 0.15) is 50.2 Å². The molecule has 6 heteroatoms. The van der Waals surface area contributed by atoms with E-state index in [0.717, 1.165) is 24.0 Å². The molecule has 0 amide bonds. The molecule has 0 saturated carbocycles. The second-order valence-corrected chi connectivity index (χ2v) is 6.10. The lowest BCUT2D eigenvalue weighted by Crippen LogP contribution is -2.04. The molecule has 3 aromatic rings. The van der Waals surface area contributed by atoms with E-state index < -0.39 is 6.85 Å². The number of Topliss-reactive ketones (excluding diaryl/α,β-unsaturated/α-hetero) is 1. The minimum absolute atomic E-state index is 0.0884. The minimum atomic E-state index is -2.42. The first-order chi connectivity index (χ1) is 12.8. The summed E-state index contributed by atoms with van der Waals surface area (Å²) in [7, 11) is 1.79. The van der Waals surface area contributed by atoms with E-state index in [1.165, 1.54) is 0 Å². The van der Waals surface area contributed by atoms with Crippen molar-refractivity contribution in [2.45, 2.75) is 32.0 Å². The predicted molar refractivity (Wildman–Crippen MR) is 87.7 cm³/mol. The van der Waals surface area contributed by atoms with E-state index in [4.69, 9.17) is 8.64 Å². The summed E-state index contributed by atoms with van der Waals surface area (Å²) in [6.45, 7) is -2.42. The Kier molecular flexibility index (Phi) is 2.79. The quantitative estimate of drug-likeness (QED) is 0.689. The van der Waals surface area contributed by atoms with E-state index in [1.807, 2.05) is 18.2 Å². The number of fused-ring (bicyclic) bond motifs is 1. The number of hydrogen-bond acceptors (Lipinski definition) is 5. The van der Waals surface area contributed by atoms with Crippen molar-refractivity contribution in [2.24, 2.45) is 7.05 Å². The van der Waals surface area contributed by atoms with Gasteiger partial charge < -0.3 is 4.52 Å². The highest BCUT2D eigenvalue weighted by Gasteiger charge is 2.26. The Labute approximate surface area is 143 Å². The van der Waals surface area contributed by atoms with Crippen LogP contribution >= 0.6 is 0 Å². The molecule has 2 heterocycles. The lowest BCUT2D eigenvalue weighted by atomic mass is 9.93. The maximum atomic E-state index is 12.5. The van der Waals surface area contributed by atoms with Gasteiger partial charge in [0.25, 0.3) is 0 Å². The van der Waals surface area contributed by atoms with Gasteiger partial charge >= 0.3 is 0 Å². The number of carbonyl (C=O) groups is 1. The zero-order valence-electron chi connectivity index (χ0n) is 16.2. The maximum absolute atomic E-state index is 12.5. The van der Waals surface area contributed by atoms with Crippen LogP contribution in [0.3, 0.4) is 0 Å². The fourth-order valence-electron chi connectivity index (χ4n) is 3.30. The summed E-state index contributed by atoms with van der Waals surface area (Å²) in [5.74, 6) is 0.159. The van der Waals surface area contributed by atoms with Crippen LogP contribution in [0.2, 0.25) is 0 Å². The van der Waals surface area contributed by atoms with Gasteiger partial charge in [0.2, 0.25) is 11.7 Å². The van der Waals surface area contributed by atoms with Crippen LogP contribution in [-0.2, 0) is 13.5 Å². The van der Waals surface area contributed by atoms with Gasteiger partial charge in [-0.3, -0.25) is 9.48 Å². The fraction of sp³-hybridized carbons (Fsp3) is 0.333. The molecule has 2 aromatic heterocycles. The molecule has 1 aromatic carbocycles. The second-order valence-electron chi connectivity index (χ2n) is 6.10. The SMILES string of the molecule is [2H]C([2H])([2H])c1nc(-c2ccc3c(c2)CC[C@H]3CC(=O)c2cnn(C)c2)no1. The Balaban J connectivity index is 1.54. The van der Waals surface area contributed by atoms with E-state index in [0.29, 0.717) is 17.5 Å². The van der Waals surface area contributed by atoms with E-state index in [2.05, 4.69) is 15.2 Å². The molecule has 6 nitrogen and oxygen atoms in total. The number of nitrogens with zero attached hydrogens (tertiary/aromatic N) is 4. The minimum Gasteiger partial charge on any atom is -0.339 e. The molecule has 122 valence electrons. The molecule has 0 bridgehead atoms. The van der Waals surface area contributed by atoms with Gasteiger partial charge in [-0.25, -0.2) is 0 Å². The Morgan fingerprint density at radius 2 is 2.42 bits per heavy atom.